The van der Waals surface area contributed by atoms with E-state index in [4.69, 9.17) is 4.74 Å². The molecule has 3 rings (SSSR count). The summed E-state index contributed by atoms with van der Waals surface area (Å²) < 4.78 is 8.00. The maximum atomic E-state index is 5.99. The number of rotatable bonds is 2. The van der Waals surface area contributed by atoms with Gasteiger partial charge in [0.1, 0.15) is 17.5 Å². The third-order valence-corrected chi connectivity index (χ3v) is 3.04. The van der Waals surface area contributed by atoms with Gasteiger partial charge in [-0.05, 0) is 25.1 Å². The van der Waals surface area contributed by atoms with Crippen LogP contribution in [0.1, 0.15) is 6.42 Å². The smallest absolute Gasteiger partial charge is 0.143 e. The summed E-state index contributed by atoms with van der Waals surface area (Å²) in [4.78, 5) is 4.34. The predicted molar refractivity (Wildman–Crippen MR) is 62.6 cm³/mol. The molecule has 0 unspecified atom stereocenters. The number of pyridine rings is 1. The molecule has 1 N–H and O–H groups in total. The number of nitrogens with zero attached hydrogens (tertiary/aromatic N) is 2. The van der Waals surface area contributed by atoms with Gasteiger partial charge in [0, 0.05) is 26.0 Å². The van der Waals surface area contributed by atoms with Crippen molar-refractivity contribution in [3.63, 3.8) is 0 Å². The Balaban J connectivity index is 1.96. The molecular formula is C12H15N3O. The Kier molecular flexibility index (Phi) is 2.29. The molecule has 1 aliphatic rings. The highest BCUT2D eigenvalue weighted by atomic mass is 16.5. The summed E-state index contributed by atoms with van der Waals surface area (Å²) in [6.45, 7) is 1.99. The summed E-state index contributed by atoms with van der Waals surface area (Å²) in [6.07, 6.45) is 5.19. The highest BCUT2D eigenvalue weighted by Gasteiger charge is 2.17. The van der Waals surface area contributed by atoms with Gasteiger partial charge >= 0.3 is 0 Å². The number of aryl methyl sites for hydroxylation is 1. The van der Waals surface area contributed by atoms with E-state index in [0.717, 1.165) is 36.3 Å². The van der Waals surface area contributed by atoms with Crippen LogP contribution in [0, 0.1) is 0 Å². The first-order chi connectivity index (χ1) is 7.84. The molecular weight excluding hydrogens is 202 g/mol. The third-order valence-electron chi connectivity index (χ3n) is 3.04. The molecule has 0 spiro atoms. The number of nitrogens with one attached hydrogen (secondary N) is 1. The van der Waals surface area contributed by atoms with Gasteiger partial charge in [0.05, 0.1) is 5.39 Å². The molecule has 0 bridgehead atoms. The molecule has 2 aromatic heterocycles. The topological polar surface area (TPSA) is 39.1 Å². The van der Waals surface area contributed by atoms with Crippen molar-refractivity contribution in [2.45, 2.75) is 12.5 Å². The standard InChI is InChI=1S/C12H15N3O/c1-15-7-4-10-11(3-6-14-12(10)15)16-9-2-5-13-8-9/h3-4,6-7,9,13H,2,5,8H2,1H3/t9-/m1/s1. The summed E-state index contributed by atoms with van der Waals surface area (Å²) in [5.41, 5.74) is 0.975. The fourth-order valence-electron chi connectivity index (χ4n) is 2.15. The molecule has 4 nitrogen and oxygen atoms in total. The molecule has 3 heterocycles. The average Bonchev–Trinajstić information content (AvgIpc) is 2.90. The van der Waals surface area contributed by atoms with Crippen LogP contribution in [0.5, 0.6) is 5.75 Å². The fraction of sp³-hybridized carbons (Fsp3) is 0.417. The van der Waals surface area contributed by atoms with E-state index in [1.807, 2.05) is 23.9 Å². The summed E-state index contributed by atoms with van der Waals surface area (Å²) >= 11 is 0. The van der Waals surface area contributed by atoms with Gasteiger partial charge in [-0.1, -0.05) is 0 Å². The molecule has 0 saturated carbocycles. The van der Waals surface area contributed by atoms with Crippen molar-refractivity contribution in [1.82, 2.24) is 14.9 Å². The monoisotopic (exact) mass is 217 g/mol. The second-order valence-corrected chi connectivity index (χ2v) is 4.21. The Hall–Kier alpha value is -1.55. The van der Waals surface area contributed by atoms with Crippen LogP contribution in [-0.2, 0) is 7.05 Å². The summed E-state index contributed by atoms with van der Waals surface area (Å²) in [5.74, 6) is 0.944. The number of hydrogen-bond donors (Lipinski definition) is 1. The lowest BCUT2D eigenvalue weighted by Gasteiger charge is -2.13. The van der Waals surface area contributed by atoms with E-state index >= 15 is 0 Å². The van der Waals surface area contributed by atoms with Gasteiger partial charge in [0.2, 0.25) is 0 Å². The molecule has 1 atom stereocenters. The first kappa shape index (κ1) is 9.66. The summed E-state index contributed by atoms with van der Waals surface area (Å²) in [5, 5.41) is 4.39. The Labute approximate surface area is 94.2 Å². The first-order valence-electron chi connectivity index (χ1n) is 5.62. The van der Waals surface area contributed by atoms with Crippen LogP contribution in [-0.4, -0.2) is 28.7 Å². The van der Waals surface area contributed by atoms with Crippen molar-refractivity contribution in [3.05, 3.63) is 24.5 Å². The third kappa shape index (κ3) is 1.55. The van der Waals surface area contributed by atoms with Crippen molar-refractivity contribution in [3.8, 4) is 5.75 Å². The second kappa shape index (κ2) is 3.79. The van der Waals surface area contributed by atoms with Gasteiger partial charge in [-0.15, -0.1) is 0 Å². The Bertz CT molecular complexity index is 500. The Morgan fingerprint density at radius 3 is 3.25 bits per heavy atom. The molecule has 2 aromatic rings. The lowest BCUT2D eigenvalue weighted by atomic mass is 10.3. The SMILES string of the molecule is Cn1ccc2c(O[C@@H]3CCNC3)ccnc21. The zero-order chi connectivity index (χ0) is 11.0. The zero-order valence-electron chi connectivity index (χ0n) is 9.31. The van der Waals surface area contributed by atoms with E-state index in [1.165, 1.54) is 0 Å². The minimum Gasteiger partial charge on any atom is -0.488 e. The highest BCUT2D eigenvalue weighted by molar-refractivity contribution is 5.82. The fourth-order valence-corrected chi connectivity index (χ4v) is 2.15. The highest BCUT2D eigenvalue weighted by Crippen LogP contribution is 2.25. The van der Waals surface area contributed by atoms with E-state index in [2.05, 4.69) is 16.4 Å². The number of ether oxygens (including phenoxy) is 1. The van der Waals surface area contributed by atoms with Crippen molar-refractivity contribution in [1.29, 1.82) is 0 Å². The second-order valence-electron chi connectivity index (χ2n) is 4.21. The van der Waals surface area contributed by atoms with Crippen LogP contribution >= 0.6 is 0 Å². The molecule has 0 aromatic carbocycles. The molecule has 1 aliphatic heterocycles. The average molecular weight is 217 g/mol. The number of fused-ring (bicyclic) bond motifs is 1. The van der Waals surface area contributed by atoms with Gasteiger partial charge in [-0.2, -0.15) is 0 Å². The quantitative estimate of drug-likeness (QED) is 0.824. The van der Waals surface area contributed by atoms with E-state index in [1.54, 1.807) is 6.20 Å². The van der Waals surface area contributed by atoms with Crippen LogP contribution in [0.15, 0.2) is 24.5 Å². The van der Waals surface area contributed by atoms with E-state index in [-0.39, 0.29) is 0 Å². The Morgan fingerprint density at radius 2 is 2.44 bits per heavy atom. The van der Waals surface area contributed by atoms with Gasteiger partial charge in [0.15, 0.2) is 0 Å². The van der Waals surface area contributed by atoms with Crippen molar-refractivity contribution in [2.75, 3.05) is 13.1 Å². The van der Waals surface area contributed by atoms with Crippen LogP contribution in [0.4, 0.5) is 0 Å². The molecule has 84 valence electrons. The van der Waals surface area contributed by atoms with Gasteiger partial charge in [-0.3, -0.25) is 0 Å². The van der Waals surface area contributed by atoms with E-state index in [9.17, 15) is 0 Å². The molecule has 0 radical (unpaired) electrons. The van der Waals surface area contributed by atoms with Crippen molar-refractivity contribution < 1.29 is 4.74 Å². The lowest BCUT2D eigenvalue weighted by molar-refractivity contribution is 0.226. The molecule has 0 aliphatic carbocycles. The van der Waals surface area contributed by atoms with Crippen LogP contribution < -0.4 is 10.1 Å². The summed E-state index contributed by atoms with van der Waals surface area (Å²) in [7, 11) is 2.00. The van der Waals surface area contributed by atoms with E-state index < -0.39 is 0 Å². The number of aromatic nitrogens is 2. The van der Waals surface area contributed by atoms with Crippen LogP contribution in [0.3, 0.4) is 0 Å². The molecule has 0 amide bonds. The van der Waals surface area contributed by atoms with Crippen LogP contribution in [0.25, 0.3) is 11.0 Å². The maximum Gasteiger partial charge on any atom is 0.143 e. The van der Waals surface area contributed by atoms with Gasteiger partial charge in [0.25, 0.3) is 0 Å². The zero-order valence-corrected chi connectivity index (χ0v) is 9.31. The predicted octanol–water partition coefficient (Wildman–Crippen LogP) is 1.31. The molecule has 4 heteroatoms. The lowest BCUT2D eigenvalue weighted by Crippen LogP contribution is -2.19. The number of hydrogen-bond acceptors (Lipinski definition) is 3. The Morgan fingerprint density at radius 1 is 1.50 bits per heavy atom. The maximum absolute atomic E-state index is 5.99. The normalized spacial score (nSPS) is 20.4. The minimum absolute atomic E-state index is 0.297. The van der Waals surface area contributed by atoms with Crippen molar-refractivity contribution >= 4 is 11.0 Å². The van der Waals surface area contributed by atoms with Crippen LogP contribution in [0.2, 0.25) is 0 Å². The molecule has 1 saturated heterocycles. The van der Waals surface area contributed by atoms with Crippen molar-refractivity contribution in [2.24, 2.45) is 7.05 Å². The molecule has 16 heavy (non-hydrogen) atoms. The largest absolute Gasteiger partial charge is 0.488 e. The first-order valence-corrected chi connectivity index (χ1v) is 5.62. The van der Waals surface area contributed by atoms with Gasteiger partial charge < -0.3 is 14.6 Å². The molecule has 1 fully saturated rings. The van der Waals surface area contributed by atoms with E-state index in [0.29, 0.717) is 6.10 Å². The minimum atomic E-state index is 0.297. The summed E-state index contributed by atoms with van der Waals surface area (Å²) in [6, 6.07) is 4.00. The van der Waals surface area contributed by atoms with Gasteiger partial charge in [-0.25, -0.2) is 4.98 Å².